The zero-order chi connectivity index (χ0) is 23.8. The van der Waals surface area contributed by atoms with E-state index in [1.54, 1.807) is 16.4 Å². The summed E-state index contributed by atoms with van der Waals surface area (Å²) in [6.07, 6.45) is 0. The maximum absolute atomic E-state index is 12.9. The van der Waals surface area contributed by atoms with Crippen LogP contribution in [0.25, 0.3) is 11.0 Å². The van der Waals surface area contributed by atoms with Gasteiger partial charge in [0.25, 0.3) is 5.91 Å². The molecular weight excluding hydrogens is 438 g/mol. The number of carbonyl (C=O) groups is 1. The second-order valence-corrected chi connectivity index (χ2v) is 10.8. The fourth-order valence-corrected chi connectivity index (χ4v) is 5.49. The zero-order valence-electron chi connectivity index (χ0n) is 19.6. The highest BCUT2D eigenvalue weighted by molar-refractivity contribution is 7.89. The van der Waals surface area contributed by atoms with Gasteiger partial charge in [0.1, 0.15) is 5.82 Å². The molecule has 3 aromatic rings. The minimum atomic E-state index is -3.48. The molecule has 0 unspecified atom stereocenters. The van der Waals surface area contributed by atoms with Crippen LogP contribution in [-0.4, -0.2) is 65.3 Å². The van der Waals surface area contributed by atoms with E-state index in [0.717, 1.165) is 22.4 Å². The lowest BCUT2D eigenvalue weighted by molar-refractivity contribution is 0.0943. The van der Waals surface area contributed by atoms with Crippen LogP contribution in [0.1, 0.15) is 35.6 Å². The minimum absolute atomic E-state index is 0.0704. The largest absolute Gasteiger partial charge is 0.350 e. The molecule has 1 aliphatic rings. The number of nitrogens with zero attached hydrogens (tertiary/aromatic N) is 4. The van der Waals surface area contributed by atoms with Gasteiger partial charge in [0, 0.05) is 44.8 Å². The molecule has 176 valence electrons. The van der Waals surface area contributed by atoms with Gasteiger partial charge in [0.2, 0.25) is 10.0 Å². The van der Waals surface area contributed by atoms with E-state index in [4.69, 9.17) is 4.98 Å². The van der Waals surface area contributed by atoms with Gasteiger partial charge < -0.3 is 9.88 Å². The average molecular weight is 470 g/mol. The van der Waals surface area contributed by atoms with E-state index in [9.17, 15) is 13.2 Å². The zero-order valence-corrected chi connectivity index (χ0v) is 20.4. The van der Waals surface area contributed by atoms with Crippen molar-refractivity contribution in [3.8, 4) is 0 Å². The normalized spacial score (nSPS) is 15.9. The molecule has 0 aliphatic carbocycles. The van der Waals surface area contributed by atoms with Crippen molar-refractivity contribution in [2.75, 3.05) is 26.2 Å². The van der Waals surface area contributed by atoms with E-state index >= 15 is 0 Å². The van der Waals surface area contributed by atoms with E-state index in [0.29, 0.717) is 43.2 Å². The summed E-state index contributed by atoms with van der Waals surface area (Å²) in [5.41, 5.74) is 3.38. The van der Waals surface area contributed by atoms with Crippen molar-refractivity contribution in [1.82, 2.24) is 24.1 Å². The van der Waals surface area contributed by atoms with Gasteiger partial charge in [-0.1, -0.05) is 17.7 Å². The first-order valence-corrected chi connectivity index (χ1v) is 12.6. The number of rotatable bonds is 6. The second kappa shape index (κ2) is 9.24. The Labute approximate surface area is 195 Å². The van der Waals surface area contributed by atoms with Crippen LogP contribution < -0.4 is 5.32 Å². The molecule has 0 bridgehead atoms. The Morgan fingerprint density at radius 2 is 1.73 bits per heavy atom. The molecule has 0 radical (unpaired) electrons. The first-order chi connectivity index (χ1) is 15.6. The number of sulfonamides is 1. The Kier molecular flexibility index (Phi) is 6.56. The molecule has 4 rings (SSSR count). The van der Waals surface area contributed by atoms with Gasteiger partial charge in [-0.25, -0.2) is 13.4 Å². The summed E-state index contributed by atoms with van der Waals surface area (Å²) in [6, 6.07) is 12.6. The lowest BCUT2D eigenvalue weighted by atomic mass is 10.2. The first-order valence-electron chi connectivity index (χ1n) is 11.2. The van der Waals surface area contributed by atoms with Crippen molar-refractivity contribution in [3.05, 3.63) is 59.4 Å². The minimum Gasteiger partial charge on any atom is -0.350 e. The number of hydrogen-bond acceptors (Lipinski definition) is 5. The highest BCUT2D eigenvalue weighted by Gasteiger charge is 2.29. The molecule has 1 amide bonds. The third kappa shape index (κ3) is 4.95. The van der Waals surface area contributed by atoms with Gasteiger partial charge >= 0.3 is 0 Å². The van der Waals surface area contributed by atoms with Gasteiger partial charge in [-0.05, 0) is 51.1 Å². The van der Waals surface area contributed by atoms with Gasteiger partial charge in [-0.3, -0.25) is 9.69 Å². The molecule has 0 saturated carbocycles. The van der Waals surface area contributed by atoms with Crippen molar-refractivity contribution >= 4 is 27.0 Å². The van der Waals surface area contributed by atoms with E-state index in [1.165, 1.54) is 0 Å². The molecule has 9 heteroatoms. The molecule has 2 heterocycles. The Balaban J connectivity index is 1.44. The van der Waals surface area contributed by atoms with Crippen LogP contribution in [-0.2, 0) is 23.6 Å². The Morgan fingerprint density at radius 3 is 2.36 bits per heavy atom. The number of piperazine rings is 1. The summed E-state index contributed by atoms with van der Waals surface area (Å²) in [5, 5.41) is 2.91. The Hall–Kier alpha value is -2.75. The summed E-state index contributed by atoms with van der Waals surface area (Å²) >= 11 is 0. The summed E-state index contributed by atoms with van der Waals surface area (Å²) in [5.74, 6) is 0.784. The molecule has 1 aromatic heterocycles. The molecule has 1 fully saturated rings. The molecular formula is C24H31N5O3S. The van der Waals surface area contributed by atoms with Crippen molar-refractivity contribution in [3.63, 3.8) is 0 Å². The molecule has 1 aliphatic heterocycles. The number of amides is 1. The maximum Gasteiger partial charge on any atom is 0.251 e. The van der Waals surface area contributed by atoms with Gasteiger partial charge in [0.15, 0.2) is 0 Å². The van der Waals surface area contributed by atoms with E-state index < -0.39 is 10.0 Å². The van der Waals surface area contributed by atoms with Crippen LogP contribution in [0.4, 0.5) is 0 Å². The number of imidazole rings is 1. The van der Waals surface area contributed by atoms with Crippen LogP contribution in [0.15, 0.2) is 47.4 Å². The van der Waals surface area contributed by atoms with Crippen LogP contribution in [0.5, 0.6) is 0 Å². The first kappa shape index (κ1) is 23.4. The summed E-state index contributed by atoms with van der Waals surface area (Å²) < 4.78 is 29.5. The molecule has 33 heavy (non-hydrogen) atoms. The second-order valence-electron chi connectivity index (χ2n) is 8.91. The number of benzene rings is 2. The highest BCUT2D eigenvalue weighted by Crippen LogP contribution is 2.21. The predicted molar refractivity (Wildman–Crippen MR) is 129 cm³/mol. The topological polar surface area (TPSA) is 87.5 Å². The van der Waals surface area contributed by atoms with Crippen LogP contribution in [0.2, 0.25) is 0 Å². The van der Waals surface area contributed by atoms with E-state index in [-0.39, 0.29) is 11.9 Å². The van der Waals surface area contributed by atoms with Gasteiger partial charge in [-0.15, -0.1) is 0 Å². The van der Waals surface area contributed by atoms with Crippen molar-refractivity contribution in [1.29, 1.82) is 0 Å². The summed E-state index contributed by atoms with van der Waals surface area (Å²) in [4.78, 5) is 19.7. The molecule has 0 spiro atoms. The van der Waals surface area contributed by atoms with E-state index in [1.807, 2.05) is 62.7 Å². The van der Waals surface area contributed by atoms with Crippen molar-refractivity contribution in [2.24, 2.45) is 7.05 Å². The monoisotopic (exact) mass is 469 g/mol. The molecule has 2 aromatic carbocycles. The quantitative estimate of drug-likeness (QED) is 0.600. The molecule has 8 nitrogen and oxygen atoms in total. The van der Waals surface area contributed by atoms with Crippen LogP contribution >= 0.6 is 0 Å². The summed E-state index contributed by atoms with van der Waals surface area (Å²) in [6.45, 7) is 8.59. The maximum atomic E-state index is 12.9. The number of fused-ring (bicyclic) bond motifs is 1. The van der Waals surface area contributed by atoms with Crippen LogP contribution in [0, 0.1) is 6.92 Å². The number of carbonyl (C=O) groups excluding carboxylic acids is 1. The summed E-state index contributed by atoms with van der Waals surface area (Å²) in [7, 11) is -1.51. The Bertz CT molecular complexity index is 1260. The lowest BCUT2D eigenvalue weighted by Crippen LogP contribution is -2.48. The fourth-order valence-electron chi connectivity index (χ4n) is 4.07. The lowest BCUT2D eigenvalue weighted by Gasteiger charge is -2.33. The van der Waals surface area contributed by atoms with Crippen molar-refractivity contribution < 1.29 is 13.2 Å². The standard InChI is InChI=1S/C24H31N5O3S/c1-17(2)25-24(30)19-7-10-22-21(15-19)26-23(27(22)4)16-28-11-13-29(14-12-28)33(31,32)20-8-5-18(3)6-9-20/h5-10,15,17H,11-14,16H2,1-4H3,(H,25,30). The fraction of sp³-hybridized carbons (Fsp3) is 0.417. The Morgan fingerprint density at radius 1 is 1.06 bits per heavy atom. The van der Waals surface area contributed by atoms with Gasteiger partial charge in [-0.2, -0.15) is 4.31 Å². The van der Waals surface area contributed by atoms with E-state index in [2.05, 4.69) is 10.2 Å². The van der Waals surface area contributed by atoms with Crippen molar-refractivity contribution in [2.45, 2.75) is 38.3 Å². The molecule has 1 saturated heterocycles. The smallest absolute Gasteiger partial charge is 0.251 e. The number of hydrogen-bond donors (Lipinski definition) is 1. The highest BCUT2D eigenvalue weighted by atomic mass is 32.2. The van der Waals surface area contributed by atoms with Crippen LogP contribution in [0.3, 0.4) is 0 Å². The SMILES string of the molecule is Cc1ccc(S(=O)(=O)N2CCN(Cc3nc4cc(C(=O)NC(C)C)ccc4n3C)CC2)cc1. The predicted octanol–water partition coefficient (Wildman–Crippen LogP) is 2.53. The number of aromatic nitrogens is 2. The molecule has 1 N–H and O–H groups in total. The number of nitrogens with one attached hydrogen (secondary N) is 1. The van der Waals surface area contributed by atoms with Gasteiger partial charge in [0.05, 0.1) is 22.5 Å². The number of aryl methyl sites for hydroxylation is 2. The third-order valence-corrected chi connectivity index (χ3v) is 7.92. The average Bonchev–Trinajstić information content (AvgIpc) is 3.08. The third-order valence-electron chi connectivity index (χ3n) is 6.01. The molecule has 0 atom stereocenters.